The van der Waals surface area contributed by atoms with Crippen molar-refractivity contribution in [3.63, 3.8) is 0 Å². The molecule has 20 heavy (non-hydrogen) atoms. The Morgan fingerprint density at radius 1 is 1.15 bits per heavy atom. The quantitative estimate of drug-likeness (QED) is 0.877. The summed E-state index contributed by atoms with van der Waals surface area (Å²) in [4.78, 5) is 16.2. The van der Waals surface area contributed by atoms with Crippen molar-refractivity contribution in [3.05, 3.63) is 59.4 Å². The monoisotopic (exact) mass is 269 g/mol. The summed E-state index contributed by atoms with van der Waals surface area (Å²) in [6.07, 6.45) is 1.78. The van der Waals surface area contributed by atoms with Crippen LogP contribution in [0.3, 0.4) is 0 Å². The molecule has 4 nitrogen and oxygen atoms in total. The number of aromatic nitrogens is 1. The highest BCUT2D eigenvalue weighted by molar-refractivity contribution is 5.94. The summed E-state index contributed by atoms with van der Waals surface area (Å²) in [7, 11) is 0. The second kappa shape index (κ2) is 6.70. The molecule has 1 heterocycles. The van der Waals surface area contributed by atoms with Crippen LogP contribution in [-0.2, 0) is 6.54 Å². The molecule has 1 amide bonds. The zero-order valence-corrected chi connectivity index (χ0v) is 11.8. The number of hydrogen-bond donors (Lipinski definition) is 2. The average Bonchev–Trinajstić information content (AvgIpc) is 2.47. The molecule has 0 aliphatic carbocycles. The number of hydrogen-bond acceptors (Lipinski definition) is 3. The van der Waals surface area contributed by atoms with E-state index >= 15 is 0 Å². The van der Waals surface area contributed by atoms with Gasteiger partial charge in [-0.2, -0.15) is 0 Å². The molecular formula is C16H19N3O. The maximum atomic E-state index is 12.0. The minimum atomic E-state index is -0.0753. The van der Waals surface area contributed by atoms with E-state index in [4.69, 9.17) is 0 Å². The first-order chi connectivity index (χ1) is 9.69. The molecule has 0 atom stereocenters. The third-order valence-corrected chi connectivity index (χ3v) is 2.95. The van der Waals surface area contributed by atoms with Crippen LogP contribution in [0.5, 0.6) is 0 Å². The lowest BCUT2D eigenvalue weighted by atomic mass is 10.2. The smallest absolute Gasteiger partial charge is 0.251 e. The van der Waals surface area contributed by atoms with Crippen LogP contribution in [0.4, 0.5) is 5.69 Å². The normalized spacial score (nSPS) is 10.1. The van der Waals surface area contributed by atoms with Crippen LogP contribution in [-0.4, -0.2) is 17.4 Å². The first kappa shape index (κ1) is 14.1. The second-order valence-electron chi connectivity index (χ2n) is 4.60. The number of anilines is 1. The molecule has 2 N–H and O–H groups in total. The van der Waals surface area contributed by atoms with Gasteiger partial charge in [0.25, 0.3) is 5.91 Å². The van der Waals surface area contributed by atoms with Gasteiger partial charge in [-0.25, -0.2) is 0 Å². The third kappa shape index (κ3) is 3.82. The van der Waals surface area contributed by atoms with Crippen LogP contribution < -0.4 is 10.6 Å². The van der Waals surface area contributed by atoms with Gasteiger partial charge in [0.2, 0.25) is 0 Å². The van der Waals surface area contributed by atoms with Crippen LogP contribution in [0.15, 0.2) is 42.6 Å². The van der Waals surface area contributed by atoms with Gasteiger partial charge in [0.05, 0.1) is 0 Å². The second-order valence-corrected chi connectivity index (χ2v) is 4.60. The minimum absolute atomic E-state index is 0.0753. The van der Waals surface area contributed by atoms with Gasteiger partial charge in [-0.1, -0.05) is 6.07 Å². The summed E-state index contributed by atoms with van der Waals surface area (Å²) in [5, 5.41) is 6.08. The fourth-order valence-electron chi connectivity index (χ4n) is 1.83. The van der Waals surface area contributed by atoms with E-state index in [0.717, 1.165) is 23.5 Å². The molecule has 2 aromatic rings. The van der Waals surface area contributed by atoms with Crippen molar-refractivity contribution < 1.29 is 4.79 Å². The standard InChI is InChI=1S/C16H19N3O/c1-3-17-15-8-6-14(7-9-15)16(20)19-11-13-5-4-12(2)18-10-13/h4-10,17H,3,11H2,1-2H3,(H,19,20). The number of aryl methyl sites for hydroxylation is 1. The highest BCUT2D eigenvalue weighted by atomic mass is 16.1. The molecule has 0 fully saturated rings. The van der Waals surface area contributed by atoms with Gasteiger partial charge >= 0.3 is 0 Å². The van der Waals surface area contributed by atoms with Crippen LogP contribution in [0, 0.1) is 6.92 Å². The zero-order chi connectivity index (χ0) is 14.4. The van der Waals surface area contributed by atoms with E-state index in [1.54, 1.807) is 6.20 Å². The Morgan fingerprint density at radius 2 is 1.90 bits per heavy atom. The Labute approximate surface area is 119 Å². The molecule has 104 valence electrons. The van der Waals surface area contributed by atoms with Crippen LogP contribution in [0.25, 0.3) is 0 Å². The summed E-state index contributed by atoms with van der Waals surface area (Å²) in [5.74, 6) is -0.0753. The molecule has 0 radical (unpaired) electrons. The number of nitrogens with zero attached hydrogens (tertiary/aromatic N) is 1. The number of pyridine rings is 1. The van der Waals surface area contributed by atoms with Crippen molar-refractivity contribution in [2.75, 3.05) is 11.9 Å². The SMILES string of the molecule is CCNc1ccc(C(=O)NCc2ccc(C)nc2)cc1. The molecule has 0 saturated carbocycles. The van der Waals surface area contributed by atoms with E-state index < -0.39 is 0 Å². The van der Waals surface area contributed by atoms with E-state index in [0.29, 0.717) is 12.1 Å². The van der Waals surface area contributed by atoms with Gasteiger partial charge in [-0.3, -0.25) is 9.78 Å². The van der Waals surface area contributed by atoms with E-state index in [2.05, 4.69) is 15.6 Å². The van der Waals surface area contributed by atoms with Gasteiger partial charge in [0.1, 0.15) is 0 Å². The predicted octanol–water partition coefficient (Wildman–Crippen LogP) is 2.75. The molecule has 1 aromatic carbocycles. The molecule has 0 unspecified atom stereocenters. The molecular weight excluding hydrogens is 250 g/mol. The lowest BCUT2D eigenvalue weighted by molar-refractivity contribution is 0.0951. The van der Waals surface area contributed by atoms with Crippen LogP contribution >= 0.6 is 0 Å². The Balaban J connectivity index is 1.92. The number of benzene rings is 1. The minimum Gasteiger partial charge on any atom is -0.385 e. The van der Waals surface area contributed by atoms with Gasteiger partial charge in [0, 0.05) is 36.2 Å². The molecule has 4 heteroatoms. The summed E-state index contributed by atoms with van der Waals surface area (Å²) >= 11 is 0. The van der Waals surface area contributed by atoms with Gasteiger partial charge in [-0.15, -0.1) is 0 Å². The Morgan fingerprint density at radius 3 is 2.50 bits per heavy atom. The van der Waals surface area contributed by atoms with E-state index in [9.17, 15) is 4.79 Å². The van der Waals surface area contributed by atoms with E-state index in [1.165, 1.54) is 0 Å². The molecule has 0 bridgehead atoms. The van der Waals surface area contributed by atoms with Crippen molar-refractivity contribution >= 4 is 11.6 Å². The maximum absolute atomic E-state index is 12.0. The van der Waals surface area contributed by atoms with Crippen LogP contribution in [0.1, 0.15) is 28.5 Å². The largest absolute Gasteiger partial charge is 0.385 e. The molecule has 0 aliphatic heterocycles. The molecule has 0 saturated heterocycles. The number of carbonyl (C=O) groups is 1. The Hall–Kier alpha value is -2.36. The van der Waals surface area contributed by atoms with Crippen molar-refractivity contribution in [2.45, 2.75) is 20.4 Å². The summed E-state index contributed by atoms with van der Waals surface area (Å²) in [6, 6.07) is 11.4. The number of carbonyl (C=O) groups excluding carboxylic acids is 1. The third-order valence-electron chi connectivity index (χ3n) is 2.95. The zero-order valence-electron chi connectivity index (χ0n) is 11.8. The average molecular weight is 269 g/mol. The lowest BCUT2D eigenvalue weighted by Gasteiger charge is -2.07. The number of rotatable bonds is 5. The van der Waals surface area contributed by atoms with Crippen molar-refractivity contribution in [1.82, 2.24) is 10.3 Å². The molecule has 2 rings (SSSR count). The van der Waals surface area contributed by atoms with Crippen molar-refractivity contribution in [1.29, 1.82) is 0 Å². The fourth-order valence-corrected chi connectivity index (χ4v) is 1.83. The number of nitrogens with one attached hydrogen (secondary N) is 2. The lowest BCUT2D eigenvalue weighted by Crippen LogP contribution is -2.22. The fraction of sp³-hybridized carbons (Fsp3) is 0.250. The van der Waals surface area contributed by atoms with Crippen LogP contribution in [0.2, 0.25) is 0 Å². The van der Waals surface area contributed by atoms with E-state index in [1.807, 2.05) is 50.2 Å². The first-order valence-electron chi connectivity index (χ1n) is 6.72. The van der Waals surface area contributed by atoms with Gasteiger partial charge in [0.15, 0.2) is 0 Å². The Kier molecular flexibility index (Phi) is 4.71. The molecule has 0 aliphatic rings. The Bertz CT molecular complexity index is 561. The first-order valence-corrected chi connectivity index (χ1v) is 6.72. The highest BCUT2D eigenvalue weighted by Gasteiger charge is 2.05. The summed E-state index contributed by atoms with van der Waals surface area (Å²) in [5.41, 5.74) is 3.64. The number of amides is 1. The summed E-state index contributed by atoms with van der Waals surface area (Å²) < 4.78 is 0. The maximum Gasteiger partial charge on any atom is 0.251 e. The van der Waals surface area contributed by atoms with Gasteiger partial charge in [-0.05, 0) is 49.7 Å². The predicted molar refractivity (Wildman–Crippen MR) is 80.7 cm³/mol. The highest BCUT2D eigenvalue weighted by Crippen LogP contribution is 2.09. The summed E-state index contributed by atoms with van der Waals surface area (Å²) in [6.45, 7) is 5.33. The van der Waals surface area contributed by atoms with Crippen molar-refractivity contribution in [3.8, 4) is 0 Å². The molecule has 1 aromatic heterocycles. The van der Waals surface area contributed by atoms with E-state index in [-0.39, 0.29) is 5.91 Å². The van der Waals surface area contributed by atoms with Crippen molar-refractivity contribution in [2.24, 2.45) is 0 Å². The van der Waals surface area contributed by atoms with Gasteiger partial charge < -0.3 is 10.6 Å². The molecule has 0 spiro atoms. The topological polar surface area (TPSA) is 54.0 Å².